The lowest BCUT2D eigenvalue weighted by atomic mass is 10.2. The van der Waals surface area contributed by atoms with Crippen LogP contribution in [0.25, 0.3) is 0 Å². The van der Waals surface area contributed by atoms with Crippen molar-refractivity contribution in [1.29, 1.82) is 0 Å². The van der Waals surface area contributed by atoms with Crippen molar-refractivity contribution in [2.75, 3.05) is 20.0 Å². The Morgan fingerprint density at radius 1 is 1.21 bits per heavy atom. The highest BCUT2D eigenvalue weighted by Gasteiger charge is 2.04. The minimum Gasteiger partial charge on any atom is -0.497 e. The van der Waals surface area contributed by atoms with Crippen molar-refractivity contribution in [3.05, 3.63) is 53.1 Å². The fraction of sp³-hybridized carbons (Fsp3) is 0.176. The Hall–Kier alpha value is -2.18. The second kappa shape index (κ2) is 9.20. The van der Waals surface area contributed by atoms with Gasteiger partial charge < -0.3 is 9.47 Å². The number of amides is 1. The zero-order valence-corrected chi connectivity index (χ0v) is 14.9. The van der Waals surface area contributed by atoms with Gasteiger partial charge in [-0.2, -0.15) is 5.10 Å². The molecule has 126 valence electrons. The van der Waals surface area contributed by atoms with Gasteiger partial charge in [0.2, 0.25) is 5.91 Å². The van der Waals surface area contributed by atoms with Gasteiger partial charge in [0.1, 0.15) is 11.5 Å². The van der Waals surface area contributed by atoms with Crippen LogP contribution in [0.1, 0.15) is 5.56 Å². The van der Waals surface area contributed by atoms with Gasteiger partial charge in [0.15, 0.2) is 0 Å². The van der Waals surface area contributed by atoms with Crippen LogP contribution in [0.15, 0.2) is 52.5 Å². The number of halogens is 1. The summed E-state index contributed by atoms with van der Waals surface area (Å²) in [5.74, 6) is 1.37. The Bertz CT molecular complexity index is 720. The number of nitrogens with one attached hydrogen (secondary N) is 1. The molecule has 0 fully saturated rings. The zero-order valence-electron chi connectivity index (χ0n) is 13.3. The van der Waals surface area contributed by atoms with Crippen LogP contribution in [0.5, 0.6) is 11.5 Å². The molecule has 1 amide bonds. The largest absolute Gasteiger partial charge is 0.497 e. The van der Waals surface area contributed by atoms with Crippen molar-refractivity contribution in [2.24, 2.45) is 5.10 Å². The van der Waals surface area contributed by atoms with E-state index < -0.39 is 0 Å². The van der Waals surface area contributed by atoms with Gasteiger partial charge in [-0.1, -0.05) is 11.6 Å². The Balaban J connectivity index is 1.86. The van der Waals surface area contributed by atoms with Crippen LogP contribution < -0.4 is 14.9 Å². The van der Waals surface area contributed by atoms with E-state index in [-0.39, 0.29) is 11.7 Å². The van der Waals surface area contributed by atoms with Crippen molar-refractivity contribution >= 4 is 35.5 Å². The molecule has 0 aliphatic rings. The molecule has 2 rings (SSSR count). The molecule has 0 bridgehead atoms. The normalized spacial score (nSPS) is 10.6. The van der Waals surface area contributed by atoms with E-state index in [9.17, 15) is 4.79 Å². The van der Waals surface area contributed by atoms with Crippen LogP contribution in [0.4, 0.5) is 0 Å². The van der Waals surface area contributed by atoms with Gasteiger partial charge in [0, 0.05) is 21.5 Å². The van der Waals surface area contributed by atoms with Gasteiger partial charge in [0.25, 0.3) is 0 Å². The van der Waals surface area contributed by atoms with E-state index in [2.05, 4.69) is 10.5 Å². The molecule has 0 atom stereocenters. The number of carbonyl (C=O) groups is 1. The predicted molar refractivity (Wildman–Crippen MR) is 97.5 cm³/mol. The van der Waals surface area contributed by atoms with E-state index in [1.165, 1.54) is 18.0 Å². The summed E-state index contributed by atoms with van der Waals surface area (Å²) in [6, 6.07) is 12.7. The molecule has 0 aromatic heterocycles. The Morgan fingerprint density at radius 3 is 2.62 bits per heavy atom. The maximum atomic E-state index is 11.8. The monoisotopic (exact) mass is 364 g/mol. The first-order chi connectivity index (χ1) is 11.6. The van der Waals surface area contributed by atoms with Gasteiger partial charge in [-0.05, 0) is 36.4 Å². The molecule has 0 saturated heterocycles. The molecular weight excluding hydrogens is 348 g/mol. The summed E-state index contributed by atoms with van der Waals surface area (Å²) in [5, 5.41) is 4.62. The quantitative estimate of drug-likeness (QED) is 0.463. The van der Waals surface area contributed by atoms with Gasteiger partial charge in [-0.25, -0.2) is 5.43 Å². The van der Waals surface area contributed by atoms with Crippen LogP contribution in [-0.2, 0) is 4.79 Å². The van der Waals surface area contributed by atoms with E-state index in [1.807, 2.05) is 12.1 Å². The summed E-state index contributed by atoms with van der Waals surface area (Å²) in [6.45, 7) is 0. The standard InChI is InChI=1S/C17H17ClN2O3S/c1-22-14-6-3-12(16(9-14)23-2)10-19-20-17(21)11-24-15-7-4-13(18)5-8-15/h3-10H,11H2,1-2H3,(H,20,21)/b19-10+. The fourth-order valence-corrected chi connectivity index (χ4v) is 2.63. The van der Waals surface area contributed by atoms with E-state index in [0.29, 0.717) is 16.5 Å². The number of ether oxygens (including phenoxy) is 2. The highest BCUT2D eigenvalue weighted by atomic mass is 35.5. The van der Waals surface area contributed by atoms with E-state index in [4.69, 9.17) is 21.1 Å². The van der Waals surface area contributed by atoms with Crippen molar-refractivity contribution in [2.45, 2.75) is 4.90 Å². The molecular formula is C17H17ClN2O3S. The van der Waals surface area contributed by atoms with Crippen LogP contribution in [0, 0.1) is 0 Å². The third kappa shape index (κ3) is 5.47. The lowest BCUT2D eigenvalue weighted by Crippen LogP contribution is -2.19. The summed E-state index contributed by atoms with van der Waals surface area (Å²) in [6.07, 6.45) is 1.53. The molecule has 7 heteroatoms. The maximum absolute atomic E-state index is 11.8. The number of carbonyl (C=O) groups excluding carboxylic acids is 1. The summed E-state index contributed by atoms with van der Waals surface area (Å²) in [4.78, 5) is 12.8. The third-order valence-corrected chi connectivity index (χ3v) is 4.28. The first-order valence-electron chi connectivity index (χ1n) is 7.04. The number of methoxy groups -OCH3 is 2. The number of thioether (sulfide) groups is 1. The summed E-state index contributed by atoms with van der Waals surface area (Å²) in [5.41, 5.74) is 3.23. The first kappa shape index (κ1) is 18.2. The van der Waals surface area contributed by atoms with Crippen molar-refractivity contribution in [1.82, 2.24) is 5.43 Å². The molecule has 0 saturated carbocycles. The number of nitrogens with zero attached hydrogens (tertiary/aromatic N) is 1. The number of hydrogen-bond acceptors (Lipinski definition) is 5. The molecule has 2 aromatic carbocycles. The van der Waals surface area contributed by atoms with E-state index in [0.717, 1.165) is 10.5 Å². The average molecular weight is 365 g/mol. The molecule has 0 radical (unpaired) electrons. The van der Waals surface area contributed by atoms with Crippen LogP contribution in [-0.4, -0.2) is 32.1 Å². The number of benzene rings is 2. The number of rotatable bonds is 7. The van der Waals surface area contributed by atoms with Crippen LogP contribution in [0.3, 0.4) is 0 Å². The predicted octanol–water partition coefficient (Wildman–Crippen LogP) is 3.60. The summed E-state index contributed by atoms with van der Waals surface area (Å²) < 4.78 is 10.4. The smallest absolute Gasteiger partial charge is 0.250 e. The molecule has 24 heavy (non-hydrogen) atoms. The van der Waals surface area contributed by atoms with Gasteiger partial charge in [-0.3, -0.25) is 4.79 Å². The van der Waals surface area contributed by atoms with Crippen molar-refractivity contribution < 1.29 is 14.3 Å². The summed E-state index contributed by atoms with van der Waals surface area (Å²) >= 11 is 7.23. The van der Waals surface area contributed by atoms with Gasteiger partial charge >= 0.3 is 0 Å². The lowest BCUT2D eigenvalue weighted by molar-refractivity contribution is -0.118. The molecule has 5 nitrogen and oxygen atoms in total. The van der Waals surface area contributed by atoms with Crippen LogP contribution in [0.2, 0.25) is 5.02 Å². The second-order valence-electron chi connectivity index (χ2n) is 4.64. The lowest BCUT2D eigenvalue weighted by Gasteiger charge is -2.07. The molecule has 0 heterocycles. The minimum absolute atomic E-state index is 0.196. The SMILES string of the molecule is COc1ccc(/C=N/NC(=O)CSc2ccc(Cl)cc2)c(OC)c1. The van der Waals surface area contributed by atoms with E-state index >= 15 is 0 Å². The third-order valence-electron chi connectivity index (χ3n) is 3.02. The zero-order chi connectivity index (χ0) is 17.4. The average Bonchev–Trinajstić information content (AvgIpc) is 2.61. The minimum atomic E-state index is -0.196. The Morgan fingerprint density at radius 2 is 1.96 bits per heavy atom. The van der Waals surface area contributed by atoms with Crippen LogP contribution >= 0.6 is 23.4 Å². The fourth-order valence-electron chi connectivity index (χ4n) is 1.81. The first-order valence-corrected chi connectivity index (χ1v) is 8.41. The second-order valence-corrected chi connectivity index (χ2v) is 6.13. The molecule has 1 N–H and O–H groups in total. The van der Waals surface area contributed by atoms with Gasteiger partial charge in [-0.15, -0.1) is 11.8 Å². The molecule has 0 unspecified atom stereocenters. The number of hydrogen-bond donors (Lipinski definition) is 1. The highest BCUT2D eigenvalue weighted by molar-refractivity contribution is 8.00. The van der Waals surface area contributed by atoms with Crippen molar-refractivity contribution in [3.8, 4) is 11.5 Å². The molecule has 0 spiro atoms. The summed E-state index contributed by atoms with van der Waals surface area (Å²) in [7, 11) is 3.15. The topological polar surface area (TPSA) is 59.9 Å². The molecule has 0 aliphatic heterocycles. The highest BCUT2D eigenvalue weighted by Crippen LogP contribution is 2.23. The molecule has 2 aromatic rings. The van der Waals surface area contributed by atoms with Crippen molar-refractivity contribution in [3.63, 3.8) is 0 Å². The van der Waals surface area contributed by atoms with E-state index in [1.54, 1.807) is 44.6 Å². The van der Waals surface area contributed by atoms with Gasteiger partial charge in [0.05, 0.1) is 26.2 Å². The number of hydrazone groups is 1. The maximum Gasteiger partial charge on any atom is 0.250 e. The molecule has 0 aliphatic carbocycles. The Labute approximate surface area is 150 Å². The Kier molecular flexibility index (Phi) is 6.96.